The van der Waals surface area contributed by atoms with Crippen LogP contribution in [0.3, 0.4) is 0 Å². The standard InChI is InChI=1S/C8H13N3O/c1-3-4-11-6-5-10(2)8(11)7(9)12/h3,5-6,8H,1,4H2,2H3,(H2,9,12). The Bertz CT molecular complexity index is 224. The number of hydrogen-bond donors (Lipinski definition) is 1. The van der Waals surface area contributed by atoms with Gasteiger partial charge in [-0.25, -0.2) is 0 Å². The van der Waals surface area contributed by atoms with Gasteiger partial charge in [-0.1, -0.05) is 6.08 Å². The van der Waals surface area contributed by atoms with Gasteiger partial charge in [0.25, 0.3) is 5.91 Å². The van der Waals surface area contributed by atoms with Crippen molar-refractivity contribution < 1.29 is 4.79 Å². The fraction of sp³-hybridized carbons (Fsp3) is 0.375. The first-order chi connectivity index (χ1) is 5.66. The highest BCUT2D eigenvalue weighted by molar-refractivity contribution is 5.80. The van der Waals surface area contributed by atoms with Gasteiger partial charge in [0.15, 0.2) is 6.17 Å². The van der Waals surface area contributed by atoms with Gasteiger partial charge in [-0.2, -0.15) is 0 Å². The molecular weight excluding hydrogens is 154 g/mol. The second-order valence-electron chi connectivity index (χ2n) is 2.73. The Labute approximate surface area is 71.9 Å². The molecule has 4 nitrogen and oxygen atoms in total. The van der Waals surface area contributed by atoms with E-state index < -0.39 is 0 Å². The summed E-state index contributed by atoms with van der Waals surface area (Å²) in [6, 6.07) is 0. The molecule has 0 spiro atoms. The van der Waals surface area contributed by atoms with Crippen LogP contribution >= 0.6 is 0 Å². The Balaban J connectivity index is 2.68. The lowest BCUT2D eigenvalue weighted by molar-refractivity contribution is -0.125. The predicted molar refractivity (Wildman–Crippen MR) is 46.8 cm³/mol. The van der Waals surface area contributed by atoms with Crippen LogP contribution in [-0.2, 0) is 4.79 Å². The van der Waals surface area contributed by atoms with Gasteiger partial charge in [-0.15, -0.1) is 6.58 Å². The van der Waals surface area contributed by atoms with Crippen molar-refractivity contribution in [2.24, 2.45) is 5.73 Å². The van der Waals surface area contributed by atoms with Crippen LogP contribution in [0.5, 0.6) is 0 Å². The van der Waals surface area contributed by atoms with Crippen LogP contribution < -0.4 is 5.73 Å². The third kappa shape index (κ3) is 1.42. The van der Waals surface area contributed by atoms with Crippen molar-refractivity contribution >= 4 is 5.91 Å². The van der Waals surface area contributed by atoms with Crippen LogP contribution in [0, 0.1) is 0 Å². The van der Waals surface area contributed by atoms with Gasteiger partial charge in [0.2, 0.25) is 0 Å². The van der Waals surface area contributed by atoms with E-state index in [0.29, 0.717) is 6.54 Å². The van der Waals surface area contributed by atoms with E-state index in [-0.39, 0.29) is 12.1 Å². The number of rotatable bonds is 3. The van der Waals surface area contributed by atoms with E-state index in [4.69, 9.17) is 5.73 Å². The third-order valence-electron chi connectivity index (χ3n) is 1.79. The molecule has 0 saturated carbocycles. The number of nitrogens with zero attached hydrogens (tertiary/aromatic N) is 2. The second kappa shape index (κ2) is 3.30. The maximum Gasteiger partial charge on any atom is 0.261 e. The van der Waals surface area contributed by atoms with E-state index >= 15 is 0 Å². The zero-order valence-corrected chi connectivity index (χ0v) is 7.10. The van der Waals surface area contributed by atoms with Crippen LogP contribution in [0.1, 0.15) is 0 Å². The molecule has 0 bridgehead atoms. The topological polar surface area (TPSA) is 49.6 Å². The normalized spacial score (nSPS) is 21.6. The van der Waals surface area contributed by atoms with Crippen molar-refractivity contribution in [1.29, 1.82) is 0 Å². The molecule has 1 atom stereocenters. The Hall–Kier alpha value is -1.45. The molecule has 4 heteroatoms. The molecule has 12 heavy (non-hydrogen) atoms. The van der Waals surface area contributed by atoms with Gasteiger partial charge in [0.05, 0.1) is 0 Å². The van der Waals surface area contributed by atoms with Crippen LogP contribution in [0.4, 0.5) is 0 Å². The molecule has 1 aliphatic rings. The van der Waals surface area contributed by atoms with Crippen molar-refractivity contribution in [1.82, 2.24) is 9.80 Å². The summed E-state index contributed by atoms with van der Waals surface area (Å²) in [5, 5.41) is 0. The van der Waals surface area contributed by atoms with E-state index in [0.717, 1.165) is 0 Å². The average molecular weight is 167 g/mol. The molecule has 1 heterocycles. The summed E-state index contributed by atoms with van der Waals surface area (Å²) in [5.41, 5.74) is 5.21. The second-order valence-corrected chi connectivity index (χ2v) is 2.73. The van der Waals surface area contributed by atoms with Crippen molar-refractivity contribution in [2.75, 3.05) is 13.6 Å². The summed E-state index contributed by atoms with van der Waals surface area (Å²) in [5.74, 6) is -0.343. The highest BCUT2D eigenvalue weighted by Gasteiger charge is 2.27. The number of amides is 1. The third-order valence-corrected chi connectivity index (χ3v) is 1.79. The van der Waals surface area contributed by atoms with Crippen molar-refractivity contribution in [2.45, 2.75) is 6.17 Å². The van der Waals surface area contributed by atoms with Crippen LogP contribution in [0.15, 0.2) is 25.1 Å². The monoisotopic (exact) mass is 167 g/mol. The molecule has 0 aromatic heterocycles. The summed E-state index contributed by atoms with van der Waals surface area (Å²) in [6.07, 6.45) is 5.03. The lowest BCUT2D eigenvalue weighted by Gasteiger charge is -2.26. The number of carbonyl (C=O) groups is 1. The van der Waals surface area contributed by atoms with E-state index in [2.05, 4.69) is 6.58 Å². The summed E-state index contributed by atoms with van der Waals surface area (Å²) in [7, 11) is 1.81. The van der Waals surface area contributed by atoms with Gasteiger partial charge in [0.1, 0.15) is 0 Å². The lowest BCUT2D eigenvalue weighted by Crippen LogP contribution is -2.46. The maximum absolute atomic E-state index is 11.0. The molecule has 0 aliphatic carbocycles. The van der Waals surface area contributed by atoms with Gasteiger partial charge in [0, 0.05) is 26.0 Å². The molecule has 1 unspecified atom stereocenters. The van der Waals surface area contributed by atoms with Crippen LogP contribution in [0.25, 0.3) is 0 Å². The molecule has 0 fully saturated rings. The van der Waals surface area contributed by atoms with E-state index in [9.17, 15) is 4.79 Å². The number of primary amides is 1. The molecule has 1 rings (SSSR count). The van der Waals surface area contributed by atoms with Gasteiger partial charge in [-0.05, 0) is 0 Å². The minimum Gasteiger partial charge on any atom is -0.366 e. The van der Waals surface area contributed by atoms with E-state index in [1.165, 1.54) is 0 Å². The number of nitrogens with two attached hydrogens (primary N) is 1. The van der Waals surface area contributed by atoms with Crippen molar-refractivity contribution in [3.05, 3.63) is 25.1 Å². The minimum atomic E-state index is -0.358. The summed E-state index contributed by atoms with van der Waals surface area (Å²) >= 11 is 0. The summed E-state index contributed by atoms with van der Waals surface area (Å²) in [4.78, 5) is 14.6. The maximum atomic E-state index is 11.0. The quantitative estimate of drug-likeness (QED) is 0.587. The summed E-state index contributed by atoms with van der Waals surface area (Å²) < 4.78 is 0. The molecule has 0 aromatic carbocycles. The van der Waals surface area contributed by atoms with Gasteiger partial charge in [-0.3, -0.25) is 4.79 Å². The molecule has 0 radical (unpaired) electrons. The first-order valence-electron chi connectivity index (χ1n) is 3.73. The number of likely N-dealkylation sites (N-methyl/N-ethyl adjacent to an activating group) is 1. The Morgan fingerprint density at radius 3 is 2.92 bits per heavy atom. The Morgan fingerprint density at radius 2 is 2.42 bits per heavy atom. The minimum absolute atomic E-state index is 0.343. The highest BCUT2D eigenvalue weighted by atomic mass is 16.2. The van der Waals surface area contributed by atoms with Crippen molar-refractivity contribution in [3.8, 4) is 0 Å². The molecule has 0 aromatic rings. The Kier molecular flexibility index (Phi) is 2.38. The number of carbonyl (C=O) groups excluding carboxylic acids is 1. The van der Waals surface area contributed by atoms with Crippen molar-refractivity contribution in [3.63, 3.8) is 0 Å². The average Bonchev–Trinajstić information content (AvgIpc) is 2.32. The smallest absolute Gasteiger partial charge is 0.261 e. The zero-order valence-electron chi connectivity index (χ0n) is 7.10. The SMILES string of the molecule is C=CCN1C=CN(C)C1C(N)=O. The molecular formula is C8H13N3O. The molecule has 2 N–H and O–H groups in total. The number of hydrogen-bond acceptors (Lipinski definition) is 3. The fourth-order valence-corrected chi connectivity index (χ4v) is 1.26. The zero-order chi connectivity index (χ0) is 9.14. The Morgan fingerprint density at radius 1 is 1.75 bits per heavy atom. The first-order valence-corrected chi connectivity index (χ1v) is 3.73. The summed E-state index contributed by atoms with van der Waals surface area (Å²) in [6.45, 7) is 4.23. The van der Waals surface area contributed by atoms with Gasteiger partial charge >= 0.3 is 0 Å². The molecule has 1 amide bonds. The van der Waals surface area contributed by atoms with E-state index in [1.54, 1.807) is 11.0 Å². The molecule has 1 aliphatic heterocycles. The highest BCUT2D eigenvalue weighted by Crippen LogP contribution is 2.12. The fourth-order valence-electron chi connectivity index (χ4n) is 1.26. The molecule has 0 saturated heterocycles. The lowest BCUT2D eigenvalue weighted by atomic mass is 10.4. The van der Waals surface area contributed by atoms with Crippen LogP contribution in [0.2, 0.25) is 0 Å². The van der Waals surface area contributed by atoms with Crippen LogP contribution in [-0.4, -0.2) is 35.5 Å². The molecule has 66 valence electrons. The van der Waals surface area contributed by atoms with E-state index in [1.807, 2.05) is 24.3 Å². The van der Waals surface area contributed by atoms with Gasteiger partial charge < -0.3 is 15.5 Å². The largest absolute Gasteiger partial charge is 0.366 e. The first kappa shape index (κ1) is 8.64. The predicted octanol–water partition coefficient (Wildman–Crippen LogP) is -0.298.